The Morgan fingerprint density at radius 3 is 3.19 bits per heavy atom. The summed E-state index contributed by atoms with van der Waals surface area (Å²) in [6.07, 6.45) is 3.76. The van der Waals surface area contributed by atoms with Gasteiger partial charge in [0.05, 0.1) is 18.5 Å². The van der Waals surface area contributed by atoms with Crippen LogP contribution in [0.5, 0.6) is 0 Å². The number of halogens is 1. The number of hydrogen-bond acceptors (Lipinski definition) is 4. The highest BCUT2D eigenvalue weighted by Gasteiger charge is 2.16. The Kier molecular flexibility index (Phi) is 3.60. The van der Waals surface area contributed by atoms with Crippen LogP contribution in [0.3, 0.4) is 0 Å². The van der Waals surface area contributed by atoms with E-state index in [1.807, 2.05) is 0 Å². The van der Waals surface area contributed by atoms with Crippen LogP contribution in [0.25, 0.3) is 0 Å². The monoisotopic (exact) mass is 287 g/mol. The van der Waals surface area contributed by atoms with Gasteiger partial charge in [-0.25, -0.2) is 4.68 Å². The van der Waals surface area contributed by atoms with Gasteiger partial charge in [0, 0.05) is 19.7 Å². The molecule has 0 aliphatic carbocycles. The molecular weight excluding hydrogens is 274 g/mol. The van der Waals surface area contributed by atoms with Gasteiger partial charge >= 0.3 is 0 Å². The summed E-state index contributed by atoms with van der Waals surface area (Å²) in [6, 6.07) is 0.263. The predicted molar refractivity (Wildman–Crippen MR) is 64.6 cm³/mol. The lowest BCUT2D eigenvalue weighted by atomic mass is 10.1. The van der Waals surface area contributed by atoms with Crippen molar-refractivity contribution in [1.82, 2.24) is 9.78 Å². The van der Waals surface area contributed by atoms with Gasteiger partial charge in [-0.1, -0.05) is 0 Å². The molecule has 1 saturated heterocycles. The zero-order chi connectivity index (χ0) is 11.5. The molecule has 0 radical (unpaired) electrons. The third-order valence-corrected chi connectivity index (χ3v) is 3.36. The van der Waals surface area contributed by atoms with Gasteiger partial charge in [-0.05, 0) is 28.8 Å². The molecule has 1 aromatic heterocycles. The number of rotatable bonds is 2. The number of ether oxygens (including phenoxy) is 1. The van der Waals surface area contributed by atoms with E-state index in [2.05, 4.69) is 26.3 Å². The van der Waals surface area contributed by atoms with Crippen molar-refractivity contribution >= 4 is 21.6 Å². The maximum atomic E-state index is 11.6. The summed E-state index contributed by atoms with van der Waals surface area (Å²) in [4.78, 5) is 11.6. The van der Waals surface area contributed by atoms with Gasteiger partial charge < -0.3 is 10.1 Å². The number of nitrogens with one attached hydrogen (secondary N) is 1. The largest absolute Gasteiger partial charge is 0.379 e. The second kappa shape index (κ2) is 4.97. The Morgan fingerprint density at radius 2 is 2.50 bits per heavy atom. The fourth-order valence-corrected chi connectivity index (χ4v) is 2.16. The first-order valence-corrected chi connectivity index (χ1v) is 6.04. The van der Waals surface area contributed by atoms with Crippen molar-refractivity contribution in [3.8, 4) is 0 Å². The summed E-state index contributed by atoms with van der Waals surface area (Å²) >= 11 is 3.28. The standard InChI is InChI=1S/C10H14BrN3O2/c1-14-10(15)9(11)8(5-12-14)13-7-3-2-4-16-6-7/h5,7,13H,2-4,6H2,1H3/t7-/m0/s1. The van der Waals surface area contributed by atoms with Crippen LogP contribution >= 0.6 is 15.9 Å². The summed E-state index contributed by atoms with van der Waals surface area (Å²) in [7, 11) is 1.63. The van der Waals surface area contributed by atoms with Gasteiger partial charge in [0.15, 0.2) is 0 Å². The Labute approximate surface area is 102 Å². The van der Waals surface area contributed by atoms with Gasteiger partial charge in [-0.3, -0.25) is 4.79 Å². The highest BCUT2D eigenvalue weighted by atomic mass is 79.9. The first kappa shape index (κ1) is 11.6. The highest BCUT2D eigenvalue weighted by Crippen LogP contribution is 2.19. The van der Waals surface area contributed by atoms with Crippen LogP contribution in [0, 0.1) is 0 Å². The zero-order valence-electron chi connectivity index (χ0n) is 9.07. The number of aryl methyl sites for hydroxylation is 1. The lowest BCUT2D eigenvalue weighted by Gasteiger charge is -2.24. The van der Waals surface area contributed by atoms with Crippen molar-refractivity contribution in [3.05, 3.63) is 21.0 Å². The SMILES string of the molecule is Cn1ncc(N[C@H]2CCCOC2)c(Br)c1=O. The summed E-state index contributed by atoms with van der Waals surface area (Å²) < 4.78 is 7.19. The van der Waals surface area contributed by atoms with Crippen molar-refractivity contribution in [1.29, 1.82) is 0 Å². The molecule has 0 unspecified atom stereocenters. The number of nitrogens with zero attached hydrogens (tertiary/aromatic N) is 2. The normalized spacial score (nSPS) is 20.8. The second-order valence-electron chi connectivity index (χ2n) is 3.86. The molecule has 0 spiro atoms. The molecule has 1 aliphatic heterocycles. The molecular formula is C10H14BrN3O2. The lowest BCUT2D eigenvalue weighted by molar-refractivity contribution is 0.0876. The second-order valence-corrected chi connectivity index (χ2v) is 4.65. The smallest absolute Gasteiger partial charge is 0.282 e. The number of aromatic nitrogens is 2. The Bertz CT molecular complexity index is 427. The molecule has 0 bridgehead atoms. The quantitative estimate of drug-likeness (QED) is 0.886. The highest BCUT2D eigenvalue weighted by molar-refractivity contribution is 9.10. The van der Waals surface area contributed by atoms with Crippen molar-refractivity contribution in [2.45, 2.75) is 18.9 Å². The molecule has 6 heteroatoms. The van der Waals surface area contributed by atoms with Gasteiger partial charge in [0.1, 0.15) is 4.47 Å². The summed E-state index contributed by atoms with van der Waals surface area (Å²) in [5.41, 5.74) is 0.598. The molecule has 2 heterocycles. The minimum absolute atomic E-state index is 0.137. The molecule has 5 nitrogen and oxygen atoms in total. The molecule has 1 fully saturated rings. The Balaban J connectivity index is 2.15. The number of anilines is 1. The van der Waals surface area contributed by atoms with Crippen molar-refractivity contribution < 1.29 is 4.74 Å². The molecule has 2 rings (SSSR count). The van der Waals surface area contributed by atoms with Crippen LogP contribution in [-0.2, 0) is 11.8 Å². The van der Waals surface area contributed by atoms with Crippen LogP contribution in [-0.4, -0.2) is 29.0 Å². The molecule has 16 heavy (non-hydrogen) atoms. The average Bonchev–Trinajstić information content (AvgIpc) is 2.31. The summed E-state index contributed by atoms with van der Waals surface area (Å²) in [6.45, 7) is 1.51. The lowest BCUT2D eigenvalue weighted by Crippen LogP contribution is -2.31. The fraction of sp³-hybridized carbons (Fsp3) is 0.600. The maximum Gasteiger partial charge on any atom is 0.282 e. The average molecular weight is 288 g/mol. The summed E-state index contributed by atoms with van der Waals surface area (Å²) in [5, 5.41) is 7.25. The van der Waals surface area contributed by atoms with E-state index in [4.69, 9.17) is 4.74 Å². The molecule has 1 aromatic rings. The number of hydrogen-bond donors (Lipinski definition) is 1. The predicted octanol–water partition coefficient (Wildman–Crippen LogP) is 1.13. The van der Waals surface area contributed by atoms with E-state index in [-0.39, 0.29) is 11.6 Å². The molecule has 1 N–H and O–H groups in total. The Morgan fingerprint density at radius 1 is 1.69 bits per heavy atom. The third-order valence-electron chi connectivity index (χ3n) is 2.60. The zero-order valence-corrected chi connectivity index (χ0v) is 10.7. The maximum absolute atomic E-state index is 11.6. The molecule has 0 aromatic carbocycles. The van der Waals surface area contributed by atoms with Crippen molar-refractivity contribution in [2.75, 3.05) is 18.5 Å². The van der Waals surface area contributed by atoms with E-state index in [1.165, 1.54) is 4.68 Å². The van der Waals surface area contributed by atoms with Gasteiger partial charge in [0.2, 0.25) is 0 Å². The van der Waals surface area contributed by atoms with E-state index in [0.717, 1.165) is 25.1 Å². The van der Waals surface area contributed by atoms with Crippen LogP contribution < -0.4 is 10.9 Å². The van der Waals surface area contributed by atoms with E-state index < -0.39 is 0 Å². The van der Waals surface area contributed by atoms with E-state index in [9.17, 15) is 4.79 Å². The van der Waals surface area contributed by atoms with Crippen molar-refractivity contribution in [3.63, 3.8) is 0 Å². The van der Waals surface area contributed by atoms with Crippen LogP contribution in [0.4, 0.5) is 5.69 Å². The topological polar surface area (TPSA) is 56.1 Å². The Hall–Kier alpha value is -0.880. The van der Waals surface area contributed by atoms with Gasteiger partial charge in [0.25, 0.3) is 5.56 Å². The molecule has 1 atom stereocenters. The third kappa shape index (κ3) is 2.44. The first-order valence-electron chi connectivity index (χ1n) is 5.24. The molecule has 88 valence electrons. The van der Waals surface area contributed by atoms with Crippen LogP contribution in [0.2, 0.25) is 0 Å². The minimum atomic E-state index is -0.137. The van der Waals surface area contributed by atoms with Crippen LogP contribution in [0.15, 0.2) is 15.5 Å². The van der Waals surface area contributed by atoms with E-state index in [0.29, 0.717) is 11.1 Å². The van der Waals surface area contributed by atoms with E-state index >= 15 is 0 Å². The first-order chi connectivity index (χ1) is 7.68. The van der Waals surface area contributed by atoms with Crippen LogP contribution in [0.1, 0.15) is 12.8 Å². The fourth-order valence-electron chi connectivity index (χ4n) is 1.69. The molecule has 0 amide bonds. The van der Waals surface area contributed by atoms with E-state index in [1.54, 1.807) is 13.2 Å². The van der Waals surface area contributed by atoms with Gasteiger partial charge in [-0.2, -0.15) is 5.10 Å². The van der Waals surface area contributed by atoms with Gasteiger partial charge in [-0.15, -0.1) is 0 Å². The van der Waals surface area contributed by atoms with Crippen molar-refractivity contribution in [2.24, 2.45) is 7.05 Å². The summed E-state index contributed by atoms with van der Waals surface area (Å²) in [5.74, 6) is 0. The molecule has 0 saturated carbocycles. The minimum Gasteiger partial charge on any atom is -0.379 e. The molecule has 1 aliphatic rings.